The number of nitrogens with zero attached hydrogens (tertiary/aromatic N) is 2. The number of benzene rings is 10. The van der Waals surface area contributed by atoms with Gasteiger partial charge in [-0.1, -0.05) is 188 Å². The fraction of sp³-hybridized carbons (Fsp3) is 0.0323. The highest BCUT2D eigenvalue weighted by atomic mass is 15.1. The van der Waals surface area contributed by atoms with E-state index in [0.717, 1.165) is 35.6 Å². The fourth-order valence-corrected chi connectivity index (χ4v) is 10.3. The van der Waals surface area contributed by atoms with Crippen molar-refractivity contribution in [3.63, 3.8) is 0 Å². The van der Waals surface area contributed by atoms with E-state index in [2.05, 4.69) is 252 Å². The molecule has 0 atom stereocenters. The molecule has 0 saturated carbocycles. The first-order valence-electron chi connectivity index (χ1n) is 22.3. The maximum atomic E-state index is 2.46. The third kappa shape index (κ3) is 6.26. The third-order valence-electron chi connectivity index (χ3n) is 13.1. The van der Waals surface area contributed by atoms with Crippen LogP contribution in [-0.4, -0.2) is 4.57 Å². The Hall–Kier alpha value is -8.20. The number of rotatable bonds is 8. The van der Waals surface area contributed by atoms with Gasteiger partial charge in [0.15, 0.2) is 0 Å². The molecular weight excluding hydrogens is 773 g/mol. The molecule has 0 bridgehead atoms. The zero-order chi connectivity index (χ0) is 42.4. The second-order valence-electron chi connectivity index (χ2n) is 16.7. The summed E-state index contributed by atoms with van der Waals surface area (Å²) in [6, 6.07) is 84.4. The van der Waals surface area contributed by atoms with Crippen molar-refractivity contribution in [1.82, 2.24) is 4.57 Å². The molecule has 302 valence electrons. The van der Waals surface area contributed by atoms with Crippen LogP contribution in [0.2, 0.25) is 0 Å². The van der Waals surface area contributed by atoms with Crippen LogP contribution in [0.5, 0.6) is 0 Å². The number of aromatic nitrogens is 1. The van der Waals surface area contributed by atoms with Gasteiger partial charge in [0.25, 0.3) is 0 Å². The zero-order valence-corrected chi connectivity index (χ0v) is 35.4. The van der Waals surface area contributed by atoms with E-state index in [1.165, 1.54) is 88.2 Å². The molecular formula is C62H44N2. The molecule has 1 heterocycles. The Bertz CT molecular complexity index is 3530. The number of anilines is 3. The number of aryl methyl sites for hydroxylation is 1. The van der Waals surface area contributed by atoms with E-state index >= 15 is 0 Å². The molecule has 11 aromatic rings. The van der Waals surface area contributed by atoms with Crippen LogP contribution in [-0.2, 0) is 6.42 Å². The standard InChI is InChI=1S/C62H44N2/c1-4-21-43(22-5-1)48-27-10-12-31-52(48)60-54-33-14-15-34-55(54)61(53-32-13-11-28-49(53)44-23-6-2-7-24-44)62-56(60)35-20-38-59(62)63(45-25-8-3-9-26-45)46-39-41-47(42-40-46)64-57-36-18-16-29-50(57)51-30-17-19-37-58(51)64/h1-16,18-29,31-42H,17,30H2. The van der Waals surface area contributed by atoms with Gasteiger partial charge in [0, 0.05) is 39.1 Å². The van der Waals surface area contributed by atoms with Gasteiger partial charge in [0.1, 0.15) is 0 Å². The summed E-state index contributed by atoms with van der Waals surface area (Å²) in [6.07, 6.45) is 6.76. The van der Waals surface area contributed by atoms with Crippen molar-refractivity contribution in [2.24, 2.45) is 0 Å². The molecule has 2 heteroatoms. The molecule has 0 fully saturated rings. The second kappa shape index (κ2) is 15.9. The van der Waals surface area contributed by atoms with Crippen LogP contribution >= 0.6 is 0 Å². The van der Waals surface area contributed by atoms with E-state index in [1.807, 2.05) is 0 Å². The lowest BCUT2D eigenvalue weighted by Gasteiger charge is -2.30. The summed E-state index contributed by atoms with van der Waals surface area (Å²) in [5, 5.41) is 6.18. The second-order valence-corrected chi connectivity index (χ2v) is 16.7. The smallest absolute Gasteiger partial charge is 0.0546 e. The number of hydrogen-bond donors (Lipinski definition) is 0. The zero-order valence-electron chi connectivity index (χ0n) is 35.4. The minimum Gasteiger partial charge on any atom is -0.310 e. The average molecular weight is 817 g/mol. The van der Waals surface area contributed by atoms with Crippen molar-refractivity contribution in [3.8, 4) is 50.2 Å². The van der Waals surface area contributed by atoms with Crippen LogP contribution in [0.25, 0.3) is 88.7 Å². The average Bonchev–Trinajstić information content (AvgIpc) is 3.71. The molecule has 2 nitrogen and oxygen atoms in total. The molecule has 1 aromatic heterocycles. The van der Waals surface area contributed by atoms with Gasteiger partial charge in [-0.3, -0.25) is 0 Å². The summed E-state index contributed by atoms with van der Waals surface area (Å²) in [6.45, 7) is 0. The van der Waals surface area contributed by atoms with Crippen LogP contribution < -0.4 is 4.90 Å². The van der Waals surface area contributed by atoms with Gasteiger partial charge in [0.05, 0.1) is 11.2 Å². The summed E-state index contributed by atoms with van der Waals surface area (Å²) in [4.78, 5) is 2.46. The van der Waals surface area contributed by atoms with Gasteiger partial charge >= 0.3 is 0 Å². The molecule has 0 radical (unpaired) electrons. The molecule has 0 spiro atoms. The molecule has 1 aliphatic carbocycles. The van der Waals surface area contributed by atoms with E-state index < -0.39 is 0 Å². The number of allylic oxidation sites excluding steroid dienone is 1. The third-order valence-corrected chi connectivity index (χ3v) is 13.1. The topological polar surface area (TPSA) is 8.17 Å². The monoisotopic (exact) mass is 816 g/mol. The quantitative estimate of drug-likeness (QED) is 0.139. The van der Waals surface area contributed by atoms with Crippen LogP contribution in [0.15, 0.2) is 237 Å². The summed E-state index contributed by atoms with van der Waals surface area (Å²) in [5.41, 5.74) is 18.1. The predicted molar refractivity (Wildman–Crippen MR) is 272 cm³/mol. The van der Waals surface area contributed by atoms with Gasteiger partial charge in [-0.2, -0.15) is 0 Å². The van der Waals surface area contributed by atoms with Crippen LogP contribution in [0.1, 0.15) is 17.7 Å². The Labute approximate surface area is 374 Å². The van der Waals surface area contributed by atoms with Crippen molar-refractivity contribution < 1.29 is 0 Å². The maximum absolute atomic E-state index is 2.46. The van der Waals surface area contributed by atoms with Crippen LogP contribution in [0.4, 0.5) is 17.1 Å². The lowest BCUT2D eigenvalue weighted by atomic mass is 9.81. The van der Waals surface area contributed by atoms with Crippen molar-refractivity contribution in [1.29, 1.82) is 0 Å². The van der Waals surface area contributed by atoms with E-state index in [1.54, 1.807) is 0 Å². The first-order chi connectivity index (χ1) is 31.8. The summed E-state index contributed by atoms with van der Waals surface area (Å²) >= 11 is 0. The molecule has 12 rings (SSSR count). The van der Waals surface area contributed by atoms with Crippen LogP contribution in [0.3, 0.4) is 0 Å². The first-order valence-corrected chi connectivity index (χ1v) is 22.3. The lowest BCUT2D eigenvalue weighted by Crippen LogP contribution is -2.11. The highest BCUT2D eigenvalue weighted by Crippen LogP contribution is 2.52. The van der Waals surface area contributed by atoms with Gasteiger partial charge in [-0.25, -0.2) is 0 Å². The van der Waals surface area contributed by atoms with Crippen molar-refractivity contribution in [3.05, 3.63) is 248 Å². The largest absolute Gasteiger partial charge is 0.310 e. The molecule has 0 N–H and O–H groups in total. The lowest BCUT2D eigenvalue weighted by molar-refractivity contribution is 0.967. The van der Waals surface area contributed by atoms with E-state index in [9.17, 15) is 0 Å². The molecule has 0 amide bonds. The van der Waals surface area contributed by atoms with Crippen molar-refractivity contribution in [2.75, 3.05) is 4.90 Å². The summed E-state index contributed by atoms with van der Waals surface area (Å²) < 4.78 is 2.44. The Morgan fingerprint density at radius 3 is 1.53 bits per heavy atom. The summed E-state index contributed by atoms with van der Waals surface area (Å²) in [5.74, 6) is 0. The van der Waals surface area contributed by atoms with Gasteiger partial charge in [-0.05, 0) is 128 Å². The fourth-order valence-electron chi connectivity index (χ4n) is 10.3. The first kappa shape index (κ1) is 37.6. The van der Waals surface area contributed by atoms with Gasteiger partial charge in [0.2, 0.25) is 0 Å². The minimum atomic E-state index is 1.06. The van der Waals surface area contributed by atoms with Crippen molar-refractivity contribution in [2.45, 2.75) is 12.8 Å². The van der Waals surface area contributed by atoms with E-state index in [0.29, 0.717) is 0 Å². The SMILES string of the molecule is C1=Cc2c(c3ccccc3n2-c2ccc(N(c3ccccc3)c3cccc4c(-c5ccccc5-c5ccccc5)c5ccccc5c(-c5ccccc5-c5ccccc5)c34)cc2)CC1. The molecule has 1 aliphatic rings. The molecule has 0 unspecified atom stereocenters. The number of fused-ring (bicyclic) bond motifs is 5. The Kier molecular flexibility index (Phi) is 9.34. The van der Waals surface area contributed by atoms with E-state index in [4.69, 9.17) is 0 Å². The Morgan fingerprint density at radius 2 is 0.875 bits per heavy atom. The molecule has 0 aliphatic heterocycles. The number of para-hydroxylation sites is 2. The Balaban J connectivity index is 1.17. The summed E-state index contributed by atoms with van der Waals surface area (Å²) in [7, 11) is 0. The minimum absolute atomic E-state index is 1.06. The van der Waals surface area contributed by atoms with Gasteiger partial charge < -0.3 is 9.47 Å². The van der Waals surface area contributed by atoms with Crippen LogP contribution in [0, 0.1) is 0 Å². The van der Waals surface area contributed by atoms with Crippen molar-refractivity contribution >= 4 is 55.6 Å². The molecule has 0 saturated heterocycles. The maximum Gasteiger partial charge on any atom is 0.0546 e. The Morgan fingerprint density at radius 1 is 0.375 bits per heavy atom. The molecule has 10 aromatic carbocycles. The number of hydrogen-bond acceptors (Lipinski definition) is 1. The highest BCUT2D eigenvalue weighted by molar-refractivity contribution is 6.26. The predicted octanol–water partition coefficient (Wildman–Crippen LogP) is 17.0. The highest BCUT2D eigenvalue weighted by Gasteiger charge is 2.26. The molecule has 64 heavy (non-hydrogen) atoms. The van der Waals surface area contributed by atoms with Gasteiger partial charge in [-0.15, -0.1) is 0 Å². The van der Waals surface area contributed by atoms with E-state index in [-0.39, 0.29) is 0 Å². The normalized spacial score (nSPS) is 12.2.